The molecule has 1 amide bonds. The van der Waals surface area contributed by atoms with Gasteiger partial charge in [0, 0.05) is 37.5 Å². The first-order chi connectivity index (χ1) is 13.5. The molecule has 0 unspecified atom stereocenters. The van der Waals surface area contributed by atoms with Gasteiger partial charge in [0.05, 0.1) is 0 Å². The van der Waals surface area contributed by atoms with Crippen LogP contribution in [0.1, 0.15) is 55.5 Å². The van der Waals surface area contributed by atoms with E-state index >= 15 is 0 Å². The van der Waals surface area contributed by atoms with Crippen LogP contribution < -0.4 is 10.2 Å². The van der Waals surface area contributed by atoms with Crippen molar-refractivity contribution in [1.29, 1.82) is 0 Å². The van der Waals surface area contributed by atoms with E-state index < -0.39 is 0 Å². The van der Waals surface area contributed by atoms with Crippen LogP contribution in [0.3, 0.4) is 0 Å². The monoisotopic (exact) mass is 420 g/mol. The summed E-state index contributed by atoms with van der Waals surface area (Å²) in [7, 11) is 2.00. The standard InChI is InChI=1S/C21H29ClN4OS/c1-4-6-7-12-23-20(27)17-10-8-16(9-11-17)15-28-21-24-18(22)14-19(25-21)26(3)13-5-2/h8-11,14H,4-7,12-13,15H2,1-3H3,(H,23,27). The molecule has 0 aliphatic heterocycles. The smallest absolute Gasteiger partial charge is 0.251 e. The van der Waals surface area contributed by atoms with E-state index in [0.29, 0.717) is 15.9 Å². The zero-order chi connectivity index (χ0) is 20.4. The maximum atomic E-state index is 12.1. The van der Waals surface area contributed by atoms with E-state index in [1.54, 1.807) is 6.07 Å². The van der Waals surface area contributed by atoms with E-state index in [0.717, 1.165) is 55.9 Å². The Kier molecular flexibility index (Phi) is 9.58. The number of nitrogens with zero attached hydrogens (tertiary/aromatic N) is 3. The summed E-state index contributed by atoms with van der Waals surface area (Å²) in [5.74, 6) is 1.53. The highest BCUT2D eigenvalue weighted by Gasteiger charge is 2.09. The lowest BCUT2D eigenvalue weighted by Crippen LogP contribution is -2.24. The third-order valence-electron chi connectivity index (χ3n) is 4.26. The van der Waals surface area contributed by atoms with Crippen LogP contribution in [0.15, 0.2) is 35.5 Å². The van der Waals surface area contributed by atoms with Crippen LogP contribution >= 0.6 is 23.4 Å². The quantitative estimate of drug-likeness (QED) is 0.234. The highest BCUT2D eigenvalue weighted by molar-refractivity contribution is 7.98. The SMILES string of the molecule is CCCCCNC(=O)c1ccc(CSc2nc(Cl)cc(N(C)CCC)n2)cc1. The molecule has 2 rings (SSSR count). The molecule has 0 saturated heterocycles. The molecule has 0 spiro atoms. The number of thioether (sulfide) groups is 1. The number of hydrogen-bond donors (Lipinski definition) is 1. The highest BCUT2D eigenvalue weighted by Crippen LogP contribution is 2.24. The Bertz CT molecular complexity index is 755. The predicted molar refractivity (Wildman–Crippen MR) is 118 cm³/mol. The molecule has 1 N–H and O–H groups in total. The number of amides is 1. The van der Waals surface area contributed by atoms with Gasteiger partial charge in [0.2, 0.25) is 0 Å². The number of halogens is 1. The number of carbonyl (C=O) groups is 1. The zero-order valence-electron chi connectivity index (χ0n) is 16.9. The average molecular weight is 421 g/mol. The highest BCUT2D eigenvalue weighted by atomic mass is 35.5. The van der Waals surface area contributed by atoms with Crippen molar-refractivity contribution in [1.82, 2.24) is 15.3 Å². The average Bonchev–Trinajstić information content (AvgIpc) is 2.69. The minimum absolute atomic E-state index is 0.0166. The third-order valence-corrected chi connectivity index (χ3v) is 5.37. The largest absolute Gasteiger partial charge is 0.360 e. The molecule has 0 bridgehead atoms. The molecule has 152 valence electrons. The fourth-order valence-corrected chi connectivity index (χ4v) is 3.71. The Balaban J connectivity index is 1.91. The van der Waals surface area contributed by atoms with Gasteiger partial charge in [-0.05, 0) is 30.5 Å². The van der Waals surface area contributed by atoms with Gasteiger partial charge in [0.1, 0.15) is 11.0 Å². The van der Waals surface area contributed by atoms with Gasteiger partial charge in [0.15, 0.2) is 5.16 Å². The van der Waals surface area contributed by atoms with E-state index in [9.17, 15) is 4.79 Å². The Morgan fingerprint density at radius 3 is 2.57 bits per heavy atom. The third kappa shape index (κ3) is 7.32. The van der Waals surface area contributed by atoms with E-state index in [4.69, 9.17) is 11.6 Å². The molecule has 1 aromatic heterocycles. The lowest BCUT2D eigenvalue weighted by Gasteiger charge is -2.17. The van der Waals surface area contributed by atoms with Gasteiger partial charge in [0.25, 0.3) is 5.91 Å². The Hall–Kier alpha value is -1.79. The van der Waals surface area contributed by atoms with Crippen molar-refractivity contribution in [2.45, 2.75) is 50.4 Å². The first-order valence-corrected chi connectivity index (χ1v) is 11.2. The van der Waals surface area contributed by atoms with Gasteiger partial charge >= 0.3 is 0 Å². The Morgan fingerprint density at radius 2 is 1.89 bits per heavy atom. The van der Waals surface area contributed by atoms with Crippen molar-refractivity contribution in [2.75, 3.05) is 25.0 Å². The fraction of sp³-hybridized carbons (Fsp3) is 0.476. The Morgan fingerprint density at radius 1 is 1.14 bits per heavy atom. The summed E-state index contributed by atoms with van der Waals surface area (Å²) in [5, 5.41) is 4.07. The maximum Gasteiger partial charge on any atom is 0.251 e. The van der Waals surface area contributed by atoms with Crippen molar-refractivity contribution in [3.63, 3.8) is 0 Å². The first-order valence-electron chi connectivity index (χ1n) is 9.79. The van der Waals surface area contributed by atoms with E-state index in [1.807, 2.05) is 31.3 Å². The minimum Gasteiger partial charge on any atom is -0.360 e. The maximum absolute atomic E-state index is 12.1. The summed E-state index contributed by atoms with van der Waals surface area (Å²) in [6, 6.07) is 9.47. The molecule has 0 aliphatic carbocycles. The number of benzene rings is 1. The topological polar surface area (TPSA) is 58.1 Å². The molecule has 0 fully saturated rings. The molecule has 0 atom stereocenters. The first kappa shape index (κ1) is 22.5. The van der Waals surface area contributed by atoms with Crippen LogP contribution in [-0.4, -0.2) is 36.0 Å². The Labute approximate surface area is 177 Å². The summed E-state index contributed by atoms with van der Waals surface area (Å²) < 4.78 is 0. The molecule has 2 aromatic rings. The van der Waals surface area contributed by atoms with Crippen LogP contribution in [0.4, 0.5) is 5.82 Å². The predicted octanol–water partition coefficient (Wildman–Crippen LogP) is 5.19. The number of rotatable bonds is 11. The number of hydrogen-bond acceptors (Lipinski definition) is 5. The van der Waals surface area contributed by atoms with Crippen molar-refractivity contribution < 1.29 is 4.79 Å². The second kappa shape index (κ2) is 11.9. The van der Waals surface area contributed by atoms with Gasteiger partial charge in [-0.3, -0.25) is 4.79 Å². The number of nitrogens with one attached hydrogen (secondary N) is 1. The number of carbonyl (C=O) groups excluding carboxylic acids is 1. The zero-order valence-corrected chi connectivity index (χ0v) is 18.4. The second-order valence-electron chi connectivity index (χ2n) is 6.70. The van der Waals surface area contributed by atoms with Crippen LogP contribution in [0.5, 0.6) is 0 Å². The van der Waals surface area contributed by atoms with E-state index in [-0.39, 0.29) is 5.91 Å². The van der Waals surface area contributed by atoms with Gasteiger partial charge in [-0.25, -0.2) is 9.97 Å². The number of unbranched alkanes of at least 4 members (excludes halogenated alkanes) is 2. The molecular formula is C21H29ClN4OS. The van der Waals surface area contributed by atoms with E-state index in [2.05, 4.69) is 34.0 Å². The van der Waals surface area contributed by atoms with Crippen molar-refractivity contribution in [3.05, 3.63) is 46.6 Å². The molecule has 0 radical (unpaired) electrons. The van der Waals surface area contributed by atoms with Crippen LogP contribution in [0, 0.1) is 0 Å². The van der Waals surface area contributed by atoms with Gasteiger partial charge in [-0.15, -0.1) is 0 Å². The summed E-state index contributed by atoms with van der Waals surface area (Å²) in [5.41, 5.74) is 1.80. The lowest BCUT2D eigenvalue weighted by molar-refractivity contribution is 0.0953. The minimum atomic E-state index is -0.0166. The normalized spacial score (nSPS) is 10.7. The van der Waals surface area contributed by atoms with E-state index in [1.165, 1.54) is 11.8 Å². The lowest BCUT2D eigenvalue weighted by atomic mass is 10.1. The fourth-order valence-electron chi connectivity index (χ4n) is 2.67. The van der Waals surface area contributed by atoms with Gasteiger partial charge < -0.3 is 10.2 Å². The van der Waals surface area contributed by atoms with Gasteiger partial charge in [-0.2, -0.15) is 0 Å². The number of aromatic nitrogens is 2. The van der Waals surface area contributed by atoms with Crippen LogP contribution in [0.2, 0.25) is 5.15 Å². The summed E-state index contributed by atoms with van der Waals surface area (Å²) in [6.45, 7) is 5.92. The van der Waals surface area contributed by atoms with Crippen LogP contribution in [0.25, 0.3) is 0 Å². The van der Waals surface area contributed by atoms with Crippen LogP contribution in [-0.2, 0) is 5.75 Å². The molecule has 5 nitrogen and oxygen atoms in total. The molecule has 0 saturated carbocycles. The second-order valence-corrected chi connectivity index (χ2v) is 8.03. The molecule has 7 heteroatoms. The van der Waals surface area contributed by atoms with Gasteiger partial charge in [-0.1, -0.05) is 62.2 Å². The molecular weight excluding hydrogens is 392 g/mol. The molecule has 1 heterocycles. The summed E-state index contributed by atoms with van der Waals surface area (Å²) >= 11 is 7.69. The van der Waals surface area contributed by atoms with Crippen molar-refractivity contribution >= 4 is 35.1 Å². The molecule has 0 aliphatic rings. The van der Waals surface area contributed by atoms with Crippen molar-refractivity contribution in [3.8, 4) is 0 Å². The molecule has 28 heavy (non-hydrogen) atoms. The van der Waals surface area contributed by atoms with Crippen molar-refractivity contribution in [2.24, 2.45) is 0 Å². The summed E-state index contributed by atoms with van der Waals surface area (Å²) in [4.78, 5) is 23.1. The number of anilines is 1. The molecule has 1 aromatic carbocycles. The summed E-state index contributed by atoms with van der Waals surface area (Å²) in [6.07, 6.45) is 4.35.